The fraction of sp³-hybridized carbons (Fsp3) is 0.400. The molecular weight excluding hydrogens is 182 g/mol. The Kier molecular flexibility index (Phi) is 3.06. The lowest BCUT2D eigenvalue weighted by Gasteiger charge is -2.16. The summed E-state index contributed by atoms with van der Waals surface area (Å²) in [5.41, 5.74) is -0.516. The van der Waals surface area contributed by atoms with E-state index in [0.29, 0.717) is 5.76 Å². The molecule has 0 aliphatic rings. The SMILES string of the molecule is CC(C)(C)OC(=O)/N=C\c1ccco1. The summed E-state index contributed by atoms with van der Waals surface area (Å²) in [4.78, 5) is 14.7. The van der Waals surface area contributed by atoms with Crippen LogP contribution in [0.3, 0.4) is 0 Å². The zero-order valence-corrected chi connectivity index (χ0v) is 8.48. The molecule has 0 saturated heterocycles. The summed E-state index contributed by atoms with van der Waals surface area (Å²) in [6.07, 6.45) is 2.22. The van der Waals surface area contributed by atoms with E-state index in [0.717, 1.165) is 0 Å². The van der Waals surface area contributed by atoms with E-state index in [-0.39, 0.29) is 0 Å². The van der Waals surface area contributed by atoms with E-state index >= 15 is 0 Å². The highest BCUT2D eigenvalue weighted by Crippen LogP contribution is 2.07. The summed E-state index contributed by atoms with van der Waals surface area (Å²) in [5, 5.41) is 0. The fourth-order valence-electron chi connectivity index (χ4n) is 0.769. The van der Waals surface area contributed by atoms with Gasteiger partial charge in [-0.15, -0.1) is 0 Å². The minimum Gasteiger partial charge on any atom is -0.463 e. The maximum atomic E-state index is 11.1. The predicted octanol–water partition coefficient (Wildman–Crippen LogP) is 2.63. The standard InChI is InChI=1S/C10H13NO3/c1-10(2,3)14-9(12)11-7-8-5-4-6-13-8/h4-7H,1-3H3/b11-7-. The Hall–Kier alpha value is -1.58. The van der Waals surface area contributed by atoms with Crippen molar-refractivity contribution in [1.29, 1.82) is 0 Å². The Bertz CT molecular complexity index is 320. The van der Waals surface area contributed by atoms with Crippen LogP contribution in [0, 0.1) is 0 Å². The second-order valence-electron chi connectivity index (χ2n) is 3.75. The van der Waals surface area contributed by atoms with Gasteiger partial charge in [0.05, 0.1) is 12.5 Å². The van der Waals surface area contributed by atoms with Gasteiger partial charge >= 0.3 is 6.09 Å². The van der Waals surface area contributed by atoms with E-state index in [1.54, 1.807) is 32.9 Å². The number of amides is 1. The van der Waals surface area contributed by atoms with Crippen LogP contribution in [0.2, 0.25) is 0 Å². The van der Waals surface area contributed by atoms with E-state index in [1.807, 2.05) is 0 Å². The molecule has 1 aromatic heterocycles. The summed E-state index contributed by atoms with van der Waals surface area (Å²) in [7, 11) is 0. The molecule has 0 unspecified atom stereocenters. The molecule has 0 aliphatic heterocycles. The number of carbonyl (C=O) groups excluding carboxylic acids is 1. The lowest BCUT2D eigenvalue weighted by molar-refractivity contribution is 0.0605. The van der Waals surface area contributed by atoms with E-state index in [1.165, 1.54) is 12.5 Å². The molecule has 76 valence electrons. The Labute approximate surface area is 82.6 Å². The highest BCUT2D eigenvalue weighted by Gasteiger charge is 2.14. The molecule has 0 atom stereocenters. The van der Waals surface area contributed by atoms with Crippen molar-refractivity contribution >= 4 is 12.3 Å². The highest BCUT2D eigenvalue weighted by atomic mass is 16.6. The van der Waals surface area contributed by atoms with E-state index in [4.69, 9.17) is 9.15 Å². The smallest absolute Gasteiger partial charge is 0.434 e. The first-order valence-corrected chi connectivity index (χ1v) is 4.28. The molecule has 0 spiro atoms. The Morgan fingerprint density at radius 1 is 1.57 bits per heavy atom. The van der Waals surface area contributed by atoms with Crippen LogP contribution in [0.15, 0.2) is 27.8 Å². The van der Waals surface area contributed by atoms with Crippen molar-refractivity contribution in [2.45, 2.75) is 26.4 Å². The Morgan fingerprint density at radius 2 is 2.29 bits per heavy atom. The third-order valence-corrected chi connectivity index (χ3v) is 1.23. The van der Waals surface area contributed by atoms with Gasteiger partial charge in [0.25, 0.3) is 0 Å². The number of furan rings is 1. The number of aliphatic imine (C=N–C) groups is 1. The van der Waals surface area contributed by atoms with Crippen LogP contribution in [0.4, 0.5) is 4.79 Å². The number of hydrogen-bond acceptors (Lipinski definition) is 3. The number of rotatable bonds is 1. The lowest BCUT2D eigenvalue weighted by Crippen LogP contribution is -2.21. The third-order valence-electron chi connectivity index (χ3n) is 1.23. The maximum Gasteiger partial charge on any atom is 0.434 e. The molecular formula is C10H13NO3. The van der Waals surface area contributed by atoms with Crippen molar-refractivity contribution in [3.05, 3.63) is 24.2 Å². The summed E-state index contributed by atoms with van der Waals surface area (Å²) in [6.45, 7) is 5.36. The van der Waals surface area contributed by atoms with Crippen LogP contribution in [0.25, 0.3) is 0 Å². The number of carbonyl (C=O) groups is 1. The fourth-order valence-corrected chi connectivity index (χ4v) is 0.769. The predicted molar refractivity (Wildman–Crippen MR) is 52.5 cm³/mol. The normalized spacial score (nSPS) is 11.9. The largest absolute Gasteiger partial charge is 0.463 e. The molecule has 1 amide bonds. The van der Waals surface area contributed by atoms with Crippen molar-refractivity contribution in [1.82, 2.24) is 0 Å². The number of nitrogens with zero attached hydrogens (tertiary/aromatic N) is 1. The van der Waals surface area contributed by atoms with Crippen LogP contribution in [0.5, 0.6) is 0 Å². The van der Waals surface area contributed by atoms with Crippen molar-refractivity contribution in [2.24, 2.45) is 4.99 Å². The van der Waals surface area contributed by atoms with Gasteiger partial charge in [0.2, 0.25) is 0 Å². The molecule has 4 heteroatoms. The topological polar surface area (TPSA) is 51.8 Å². The van der Waals surface area contributed by atoms with Crippen LogP contribution in [-0.2, 0) is 4.74 Å². The summed E-state index contributed by atoms with van der Waals surface area (Å²) < 4.78 is 9.91. The van der Waals surface area contributed by atoms with Crippen LogP contribution in [0.1, 0.15) is 26.5 Å². The summed E-state index contributed by atoms with van der Waals surface area (Å²) in [6, 6.07) is 3.42. The minimum atomic E-state index is -0.617. The summed E-state index contributed by atoms with van der Waals surface area (Å²) >= 11 is 0. The third kappa shape index (κ3) is 3.89. The molecule has 0 saturated carbocycles. The van der Waals surface area contributed by atoms with Gasteiger partial charge in [-0.2, -0.15) is 4.99 Å². The first-order chi connectivity index (χ1) is 6.47. The van der Waals surface area contributed by atoms with Gasteiger partial charge in [-0.25, -0.2) is 4.79 Å². The maximum absolute atomic E-state index is 11.1. The van der Waals surface area contributed by atoms with Gasteiger partial charge in [0.15, 0.2) is 0 Å². The molecule has 1 rings (SSSR count). The van der Waals surface area contributed by atoms with Crippen LogP contribution >= 0.6 is 0 Å². The number of hydrogen-bond donors (Lipinski definition) is 0. The first-order valence-electron chi connectivity index (χ1n) is 4.28. The minimum absolute atomic E-state index is 0.516. The zero-order valence-electron chi connectivity index (χ0n) is 8.48. The van der Waals surface area contributed by atoms with Crippen LogP contribution in [-0.4, -0.2) is 17.9 Å². The van der Waals surface area contributed by atoms with Gasteiger partial charge in [0.1, 0.15) is 11.4 Å². The molecule has 0 radical (unpaired) electrons. The van der Waals surface area contributed by atoms with Gasteiger partial charge in [0, 0.05) is 0 Å². The molecule has 1 aromatic rings. The Balaban J connectivity index is 2.49. The molecule has 14 heavy (non-hydrogen) atoms. The van der Waals surface area contributed by atoms with Gasteiger partial charge in [-0.3, -0.25) is 0 Å². The highest BCUT2D eigenvalue weighted by molar-refractivity contribution is 5.86. The molecule has 0 fully saturated rings. The molecule has 0 bridgehead atoms. The molecule has 0 aliphatic carbocycles. The quantitative estimate of drug-likeness (QED) is 0.647. The van der Waals surface area contributed by atoms with Crippen molar-refractivity contribution in [3.63, 3.8) is 0 Å². The Morgan fingerprint density at radius 3 is 2.79 bits per heavy atom. The average Bonchev–Trinajstić information content (AvgIpc) is 2.49. The van der Waals surface area contributed by atoms with Crippen molar-refractivity contribution < 1.29 is 13.9 Å². The van der Waals surface area contributed by atoms with Gasteiger partial charge in [-0.1, -0.05) is 0 Å². The van der Waals surface area contributed by atoms with Crippen LogP contribution < -0.4 is 0 Å². The van der Waals surface area contributed by atoms with E-state index in [2.05, 4.69) is 4.99 Å². The molecule has 0 N–H and O–H groups in total. The second kappa shape index (κ2) is 4.09. The van der Waals surface area contributed by atoms with Crippen molar-refractivity contribution in [2.75, 3.05) is 0 Å². The lowest BCUT2D eigenvalue weighted by atomic mass is 10.2. The summed E-state index contributed by atoms with van der Waals surface area (Å²) in [5.74, 6) is 0.524. The molecule has 1 heterocycles. The van der Waals surface area contributed by atoms with Crippen molar-refractivity contribution in [3.8, 4) is 0 Å². The van der Waals surface area contributed by atoms with Gasteiger partial charge < -0.3 is 9.15 Å². The average molecular weight is 195 g/mol. The van der Waals surface area contributed by atoms with E-state index < -0.39 is 11.7 Å². The first kappa shape index (κ1) is 10.5. The van der Waals surface area contributed by atoms with Gasteiger partial charge in [-0.05, 0) is 32.9 Å². The zero-order chi connectivity index (χ0) is 10.6. The second-order valence-corrected chi connectivity index (χ2v) is 3.75. The monoisotopic (exact) mass is 195 g/mol. The number of ether oxygens (including phenoxy) is 1. The van der Waals surface area contributed by atoms with E-state index in [9.17, 15) is 4.79 Å². The molecule has 0 aromatic carbocycles. The molecule has 4 nitrogen and oxygen atoms in total.